The van der Waals surface area contributed by atoms with Crippen molar-refractivity contribution in [2.24, 2.45) is 11.7 Å². The van der Waals surface area contributed by atoms with Crippen molar-refractivity contribution in [2.75, 3.05) is 33.8 Å². The third-order valence-corrected chi connectivity index (χ3v) is 4.74. The number of carbonyl (C=O) groups excluding carboxylic acids is 1. The average molecular weight is 343 g/mol. The number of amides is 1. The lowest BCUT2D eigenvalue weighted by atomic mass is 10.0. The molecule has 3 aliphatic rings. The molecular weight excluding hydrogens is 317 g/mol. The Morgan fingerprint density at radius 1 is 1.46 bits per heavy atom. The number of methoxy groups -OCH3 is 1. The fraction of sp³-hybridized carbons (Fsp3) is 0.786. The SMILES string of the molecule is CNC1CC(OC)=C(NC(=O)C2C(N)NN3CC(F)CNC23)CN1. The summed E-state index contributed by atoms with van der Waals surface area (Å²) < 4.78 is 18.9. The number of halogens is 1. The van der Waals surface area contributed by atoms with Gasteiger partial charge < -0.3 is 21.1 Å². The predicted molar refractivity (Wildman–Crippen MR) is 85.6 cm³/mol. The molecule has 0 aliphatic carbocycles. The van der Waals surface area contributed by atoms with E-state index in [0.29, 0.717) is 18.7 Å². The zero-order chi connectivity index (χ0) is 17.3. The fourth-order valence-electron chi connectivity index (χ4n) is 3.44. The van der Waals surface area contributed by atoms with Crippen LogP contribution in [0.4, 0.5) is 4.39 Å². The van der Waals surface area contributed by atoms with E-state index in [4.69, 9.17) is 10.5 Å². The summed E-state index contributed by atoms with van der Waals surface area (Å²) in [5, 5.41) is 14.0. The molecule has 5 atom stereocenters. The maximum Gasteiger partial charge on any atom is 0.233 e. The van der Waals surface area contributed by atoms with E-state index in [1.54, 1.807) is 12.1 Å². The van der Waals surface area contributed by atoms with Crippen LogP contribution < -0.4 is 32.4 Å². The lowest BCUT2D eigenvalue weighted by Gasteiger charge is -2.34. The van der Waals surface area contributed by atoms with Crippen LogP contribution in [-0.4, -0.2) is 69.4 Å². The van der Waals surface area contributed by atoms with Crippen LogP contribution in [0.25, 0.3) is 0 Å². The lowest BCUT2D eigenvalue weighted by molar-refractivity contribution is -0.126. The van der Waals surface area contributed by atoms with Crippen LogP contribution in [0.3, 0.4) is 0 Å². The number of rotatable bonds is 4. The van der Waals surface area contributed by atoms with Crippen LogP contribution in [0.2, 0.25) is 0 Å². The standard InChI is InChI=1S/C14H26FN7O2/c1-17-10-3-9(24-2)8(5-18-10)20-14(23)11-12(16)21-22-6-7(15)4-19-13(11)22/h7,10-13,17-19,21H,3-6,16H2,1-2H3,(H,20,23). The second-order valence-electron chi connectivity index (χ2n) is 6.30. The third-order valence-electron chi connectivity index (χ3n) is 4.74. The molecule has 5 unspecified atom stereocenters. The quantitative estimate of drug-likeness (QED) is 0.332. The van der Waals surface area contributed by atoms with Crippen molar-refractivity contribution in [2.45, 2.75) is 31.1 Å². The van der Waals surface area contributed by atoms with Gasteiger partial charge in [0.05, 0.1) is 37.2 Å². The molecule has 0 spiro atoms. The first-order chi connectivity index (χ1) is 11.5. The van der Waals surface area contributed by atoms with Gasteiger partial charge in [-0.05, 0) is 7.05 Å². The fourth-order valence-corrected chi connectivity index (χ4v) is 3.44. The highest BCUT2D eigenvalue weighted by molar-refractivity contribution is 5.82. The van der Waals surface area contributed by atoms with Gasteiger partial charge in [0.15, 0.2) is 0 Å². The molecule has 7 N–H and O–H groups in total. The van der Waals surface area contributed by atoms with Gasteiger partial charge in [-0.15, -0.1) is 0 Å². The summed E-state index contributed by atoms with van der Waals surface area (Å²) in [5.41, 5.74) is 9.73. The third kappa shape index (κ3) is 3.39. The minimum Gasteiger partial charge on any atom is -0.499 e. The maximum atomic E-state index is 13.5. The number of ether oxygens (including phenoxy) is 1. The number of alkyl halides is 1. The van der Waals surface area contributed by atoms with Crippen LogP contribution in [0.1, 0.15) is 6.42 Å². The van der Waals surface area contributed by atoms with Crippen LogP contribution >= 0.6 is 0 Å². The summed E-state index contributed by atoms with van der Waals surface area (Å²) in [6, 6.07) is 0. The lowest BCUT2D eigenvalue weighted by Crippen LogP contribution is -2.59. The number of fused-ring (bicyclic) bond motifs is 1. The van der Waals surface area contributed by atoms with Crippen molar-refractivity contribution in [3.63, 3.8) is 0 Å². The molecule has 2 saturated heterocycles. The second-order valence-corrected chi connectivity index (χ2v) is 6.30. The van der Waals surface area contributed by atoms with Gasteiger partial charge in [0, 0.05) is 26.1 Å². The van der Waals surface area contributed by atoms with Crippen LogP contribution in [0, 0.1) is 5.92 Å². The molecule has 2 fully saturated rings. The van der Waals surface area contributed by atoms with Crippen LogP contribution in [-0.2, 0) is 9.53 Å². The summed E-state index contributed by atoms with van der Waals surface area (Å²) in [7, 11) is 3.45. The van der Waals surface area contributed by atoms with E-state index in [1.807, 2.05) is 7.05 Å². The molecule has 24 heavy (non-hydrogen) atoms. The maximum absolute atomic E-state index is 13.5. The van der Waals surface area contributed by atoms with Crippen molar-refractivity contribution in [1.29, 1.82) is 0 Å². The van der Waals surface area contributed by atoms with Gasteiger partial charge in [-0.3, -0.25) is 15.4 Å². The van der Waals surface area contributed by atoms with Gasteiger partial charge in [-0.1, -0.05) is 0 Å². The number of nitrogens with one attached hydrogen (secondary N) is 5. The van der Waals surface area contributed by atoms with Crippen molar-refractivity contribution in [3.8, 4) is 0 Å². The molecule has 1 amide bonds. The van der Waals surface area contributed by atoms with E-state index >= 15 is 0 Å². The summed E-state index contributed by atoms with van der Waals surface area (Å²) in [5.74, 6) is 0.00459. The Morgan fingerprint density at radius 2 is 2.25 bits per heavy atom. The predicted octanol–water partition coefficient (Wildman–Crippen LogP) is -2.51. The van der Waals surface area contributed by atoms with E-state index in [-0.39, 0.29) is 31.3 Å². The molecular formula is C14H26FN7O2. The molecule has 0 bridgehead atoms. The van der Waals surface area contributed by atoms with Crippen LogP contribution in [0.15, 0.2) is 11.5 Å². The Morgan fingerprint density at radius 3 is 2.96 bits per heavy atom. The van der Waals surface area contributed by atoms with E-state index in [1.165, 1.54) is 0 Å². The van der Waals surface area contributed by atoms with E-state index in [0.717, 1.165) is 5.76 Å². The number of nitrogens with two attached hydrogens (primary N) is 1. The summed E-state index contributed by atoms with van der Waals surface area (Å²) in [6.45, 7) is 0.924. The summed E-state index contributed by atoms with van der Waals surface area (Å²) >= 11 is 0. The zero-order valence-electron chi connectivity index (χ0n) is 13.9. The van der Waals surface area contributed by atoms with Crippen molar-refractivity contribution in [1.82, 2.24) is 31.7 Å². The average Bonchev–Trinajstić information content (AvgIpc) is 2.89. The summed E-state index contributed by atoms with van der Waals surface area (Å²) in [4.78, 5) is 12.7. The van der Waals surface area contributed by atoms with Crippen molar-refractivity contribution >= 4 is 5.91 Å². The first kappa shape index (κ1) is 17.5. The molecule has 0 saturated carbocycles. The highest BCUT2D eigenvalue weighted by Crippen LogP contribution is 2.23. The topological polar surface area (TPSA) is 116 Å². The van der Waals surface area contributed by atoms with Crippen molar-refractivity contribution in [3.05, 3.63) is 11.5 Å². The number of hydrogen-bond acceptors (Lipinski definition) is 8. The molecule has 3 heterocycles. The molecule has 0 aromatic heterocycles. The Bertz CT molecular complexity index is 517. The van der Waals surface area contributed by atoms with Gasteiger partial charge in [-0.2, -0.15) is 0 Å². The molecule has 0 radical (unpaired) electrons. The summed E-state index contributed by atoms with van der Waals surface area (Å²) in [6.07, 6.45) is -1.13. The molecule has 10 heteroatoms. The number of carbonyl (C=O) groups is 1. The molecule has 136 valence electrons. The van der Waals surface area contributed by atoms with Crippen LogP contribution in [0.5, 0.6) is 0 Å². The Balaban J connectivity index is 1.69. The van der Waals surface area contributed by atoms with E-state index in [9.17, 15) is 9.18 Å². The second kappa shape index (κ2) is 7.30. The zero-order valence-corrected chi connectivity index (χ0v) is 13.9. The first-order valence-corrected chi connectivity index (χ1v) is 8.17. The molecule has 9 nitrogen and oxygen atoms in total. The highest BCUT2D eigenvalue weighted by atomic mass is 19.1. The van der Waals surface area contributed by atoms with Gasteiger partial charge in [0.2, 0.25) is 5.91 Å². The molecule has 3 rings (SSSR count). The van der Waals surface area contributed by atoms with Gasteiger partial charge in [0.1, 0.15) is 11.9 Å². The smallest absolute Gasteiger partial charge is 0.233 e. The van der Waals surface area contributed by atoms with Gasteiger partial charge >= 0.3 is 0 Å². The number of hydrazine groups is 1. The minimum atomic E-state index is -0.980. The number of nitrogens with zero attached hydrogens (tertiary/aromatic N) is 1. The number of hydrogen-bond donors (Lipinski definition) is 6. The molecule has 0 aromatic carbocycles. The normalized spacial score (nSPS) is 37.2. The van der Waals surface area contributed by atoms with E-state index < -0.39 is 18.3 Å². The largest absolute Gasteiger partial charge is 0.499 e. The molecule has 0 aromatic rings. The van der Waals surface area contributed by atoms with Gasteiger partial charge in [0.25, 0.3) is 0 Å². The van der Waals surface area contributed by atoms with E-state index in [2.05, 4.69) is 26.7 Å². The minimum absolute atomic E-state index is 0.105. The Hall–Kier alpha value is -1.30. The Labute approximate surface area is 140 Å². The highest BCUT2D eigenvalue weighted by Gasteiger charge is 2.47. The Kier molecular flexibility index (Phi) is 5.33. The van der Waals surface area contributed by atoms with Crippen molar-refractivity contribution < 1.29 is 13.9 Å². The molecule has 3 aliphatic heterocycles. The monoisotopic (exact) mass is 343 g/mol. The van der Waals surface area contributed by atoms with Gasteiger partial charge in [-0.25, -0.2) is 14.8 Å². The first-order valence-electron chi connectivity index (χ1n) is 8.17.